The molecule has 0 saturated heterocycles. The fourth-order valence-corrected chi connectivity index (χ4v) is 1.95. The van der Waals surface area contributed by atoms with Gasteiger partial charge in [0.05, 0.1) is 0 Å². The van der Waals surface area contributed by atoms with E-state index < -0.39 is 28.8 Å². The molecule has 0 fully saturated rings. The van der Waals surface area contributed by atoms with Gasteiger partial charge in [0.1, 0.15) is 17.0 Å². The second-order valence-corrected chi connectivity index (χ2v) is 5.85. The summed E-state index contributed by atoms with van der Waals surface area (Å²) in [5.41, 5.74) is 57.2. The third-order valence-electron chi connectivity index (χ3n) is 3.95. The lowest BCUT2D eigenvalue weighted by molar-refractivity contribution is 0.0435. The second-order valence-electron chi connectivity index (χ2n) is 5.85. The first-order valence-corrected chi connectivity index (χ1v) is 6.79. The molecule has 0 radical (unpaired) electrons. The number of hydrogen-bond donors (Lipinski definition) is 11. The highest BCUT2D eigenvalue weighted by molar-refractivity contribution is 5.20. The van der Waals surface area contributed by atoms with Crippen LogP contribution in [0.3, 0.4) is 0 Å². The fraction of sp³-hybridized carbons (Fsp3) is 1.00. The quantitative estimate of drug-likeness (QED) is 0.141. The lowest BCUT2D eigenvalue weighted by Gasteiger charge is -2.55. The Bertz CT molecular complexity index is 319. The molecule has 0 amide bonds. The average molecular weight is 307 g/mol. The minimum Gasteiger partial charge on any atom is -0.330 e. The van der Waals surface area contributed by atoms with Crippen LogP contribution in [0.4, 0.5) is 0 Å². The molecule has 0 aliphatic rings. The zero-order chi connectivity index (χ0) is 17.1. The van der Waals surface area contributed by atoms with Gasteiger partial charge in [0.15, 0.2) is 5.79 Å². The maximum absolute atomic E-state index is 5.99. The molecular weight excluding hydrogens is 274 g/mol. The molecule has 0 heterocycles. The second kappa shape index (κ2) is 6.76. The molecule has 0 aromatic carbocycles. The van der Waals surface area contributed by atoms with Crippen molar-refractivity contribution in [3.63, 3.8) is 0 Å². The molecule has 0 bridgehead atoms. The Morgan fingerprint density at radius 1 is 0.667 bits per heavy atom. The van der Waals surface area contributed by atoms with Gasteiger partial charge in [0, 0.05) is 6.04 Å². The summed E-state index contributed by atoms with van der Waals surface area (Å²) >= 11 is 0. The van der Waals surface area contributed by atoms with Gasteiger partial charge < -0.3 is 45.9 Å². The molecule has 0 aliphatic heterocycles. The molecular formula is C10H33N11. The van der Waals surface area contributed by atoms with Gasteiger partial charge in [-0.05, 0) is 19.4 Å². The van der Waals surface area contributed by atoms with Crippen molar-refractivity contribution in [1.29, 1.82) is 0 Å². The van der Waals surface area contributed by atoms with Crippen LogP contribution in [0.2, 0.25) is 0 Å². The molecule has 0 aromatic heterocycles. The van der Waals surface area contributed by atoms with Gasteiger partial charge in [0.2, 0.25) is 0 Å². The zero-order valence-electron chi connectivity index (χ0n) is 12.5. The third-order valence-corrected chi connectivity index (χ3v) is 3.95. The Morgan fingerprint density at radius 2 is 1.14 bits per heavy atom. The van der Waals surface area contributed by atoms with E-state index in [1.165, 1.54) is 0 Å². The monoisotopic (exact) mass is 307 g/mol. The van der Waals surface area contributed by atoms with Crippen molar-refractivity contribution in [3.05, 3.63) is 0 Å². The summed E-state index contributed by atoms with van der Waals surface area (Å²) in [4.78, 5) is 0. The SMILES string of the molecule is NCCCCCC(N)C(N)(N)C(N)(N)C(N)(N)C(N)(N)N. The zero-order valence-corrected chi connectivity index (χ0v) is 12.5. The van der Waals surface area contributed by atoms with E-state index in [9.17, 15) is 0 Å². The van der Waals surface area contributed by atoms with Gasteiger partial charge in [0.25, 0.3) is 0 Å². The van der Waals surface area contributed by atoms with Crippen molar-refractivity contribution in [2.45, 2.75) is 54.5 Å². The van der Waals surface area contributed by atoms with Crippen LogP contribution in [-0.4, -0.2) is 35.4 Å². The molecule has 0 aromatic rings. The first-order chi connectivity index (χ1) is 9.23. The van der Waals surface area contributed by atoms with Gasteiger partial charge in [-0.15, -0.1) is 0 Å². The molecule has 22 N–H and O–H groups in total. The molecule has 128 valence electrons. The molecule has 0 spiro atoms. The van der Waals surface area contributed by atoms with Crippen LogP contribution < -0.4 is 63.1 Å². The Hall–Kier alpha value is -0.440. The molecule has 11 heteroatoms. The van der Waals surface area contributed by atoms with Crippen molar-refractivity contribution in [3.8, 4) is 0 Å². The van der Waals surface area contributed by atoms with Crippen molar-refractivity contribution in [2.75, 3.05) is 6.54 Å². The smallest absolute Gasteiger partial charge is 0.151 e. The van der Waals surface area contributed by atoms with Crippen molar-refractivity contribution in [2.24, 2.45) is 63.1 Å². The average Bonchev–Trinajstić information content (AvgIpc) is 2.32. The van der Waals surface area contributed by atoms with Crippen molar-refractivity contribution >= 4 is 0 Å². The predicted molar refractivity (Wildman–Crippen MR) is 84.1 cm³/mol. The van der Waals surface area contributed by atoms with E-state index >= 15 is 0 Å². The summed E-state index contributed by atoms with van der Waals surface area (Å²) in [5, 5.41) is 0. The lowest BCUT2D eigenvalue weighted by Crippen LogP contribution is -3.00. The predicted octanol–water partition coefficient (Wildman–Crippen LogP) is -5.80. The van der Waals surface area contributed by atoms with Crippen molar-refractivity contribution < 1.29 is 0 Å². The first-order valence-electron chi connectivity index (χ1n) is 6.79. The maximum Gasteiger partial charge on any atom is 0.151 e. The Morgan fingerprint density at radius 3 is 1.52 bits per heavy atom. The van der Waals surface area contributed by atoms with E-state index in [1.54, 1.807) is 0 Å². The highest BCUT2D eigenvalue weighted by Gasteiger charge is 2.60. The summed E-state index contributed by atoms with van der Waals surface area (Å²) in [5.74, 6) is -2.11. The van der Waals surface area contributed by atoms with Crippen LogP contribution in [-0.2, 0) is 0 Å². The van der Waals surface area contributed by atoms with Crippen LogP contribution >= 0.6 is 0 Å². The van der Waals surface area contributed by atoms with E-state index in [2.05, 4.69) is 0 Å². The number of rotatable bonds is 9. The Kier molecular flexibility index (Phi) is 6.62. The first kappa shape index (κ1) is 20.6. The number of nitrogens with two attached hydrogens (primary N) is 11. The summed E-state index contributed by atoms with van der Waals surface area (Å²) < 4.78 is 0. The fourth-order valence-electron chi connectivity index (χ4n) is 1.95. The summed E-state index contributed by atoms with van der Waals surface area (Å²) in [6.45, 7) is 0.591. The molecule has 0 rings (SSSR count). The summed E-state index contributed by atoms with van der Waals surface area (Å²) in [6, 6.07) is -0.793. The van der Waals surface area contributed by atoms with E-state index in [0.29, 0.717) is 13.0 Å². The van der Waals surface area contributed by atoms with E-state index in [-0.39, 0.29) is 0 Å². The largest absolute Gasteiger partial charge is 0.330 e. The Labute approximate surface area is 125 Å². The standard InChI is InChI=1S/C10H33N11/c11-5-3-1-2-4-6(12)7(13,14)8(15,16)9(17,18)10(19,20)21/h6H,1-5,11-21H2. The van der Waals surface area contributed by atoms with Gasteiger partial charge in [-0.2, -0.15) is 0 Å². The normalized spacial score (nSPS) is 16.1. The van der Waals surface area contributed by atoms with E-state index in [0.717, 1.165) is 19.3 Å². The van der Waals surface area contributed by atoms with E-state index in [1.807, 2.05) is 0 Å². The topological polar surface area (TPSA) is 286 Å². The third kappa shape index (κ3) is 4.06. The van der Waals surface area contributed by atoms with Crippen LogP contribution in [0.1, 0.15) is 25.7 Å². The Balaban J connectivity index is 5.10. The van der Waals surface area contributed by atoms with Gasteiger partial charge in [-0.25, -0.2) is 0 Å². The molecule has 1 unspecified atom stereocenters. The van der Waals surface area contributed by atoms with Gasteiger partial charge in [-0.3, -0.25) is 17.2 Å². The van der Waals surface area contributed by atoms with Crippen molar-refractivity contribution in [1.82, 2.24) is 0 Å². The van der Waals surface area contributed by atoms with Crippen LogP contribution in [0, 0.1) is 0 Å². The minimum atomic E-state index is -2.17. The number of hydrogen-bond acceptors (Lipinski definition) is 11. The molecule has 11 nitrogen and oxygen atoms in total. The molecule has 21 heavy (non-hydrogen) atoms. The molecule has 0 saturated carbocycles. The van der Waals surface area contributed by atoms with Crippen LogP contribution in [0.25, 0.3) is 0 Å². The lowest BCUT2D eigenvalue weighted by atomic mass is 9.75. The highest BCUT2D eigenvalue weighted by Crippen LogP contribution is 2.23. The molecule has 1 atom stereocenters. The maximum atomic E-state index is 5.99. The van der Waals surface area contributed by atoms with E-state index in [4.69, 9.17) is 63.1 Å². The van der Waals surface area contributed by atoms with Gasteiger partial charge >= 0.3 is 0 Å². The minimum absolute atomic E-state index is 0.450. The van der Waals surface area contributed by atoms with Crippen LogP contribution in [0.15, 0.2) is 0 Å². The van der Waals surface area contributed by atoms with Gasteiger partial charge in [-0.1, -0.05) is 12.8 Å². The summed E-state index contributed by atoms with van der Waals surface area (Å²) in [7, 11) is 0. The number of unbranched alkanes of at least 4 members (excludes halogenated alkanes) is 2. The summed E-state index contributed by atoms with van der Waals surface area (Å²) in [6.07, 6.45) is 2.92. The van der Waals surface area contributed by atoms with Crippen LogP contribution in [0.5, 0.6) is 0 Å². The highest BCUT2D eigenvalue weighted by atomic mass is 15.4. The molecule has 0 aliphatic carbocycles.